The predicted octanol–water partition coefficient (Wildman–Crippen LogP) is 2.29. The zero-order valence-electron chi connectivity index (χ0n) is 9.78. The molecular formula is C12H11N3O3S. The van der Waals surface area contributed by atoms with Gasteiger partial charge in [0.05, 0.1) is 4.92 Å². The molecule has 0 aliphatic carbocycles. The maximum atomic E-state index is 11.9. The highest BCUT2D eigenvalue weighted by Crippen LogP contribution is 2.20. The fraction of sp³-hybridized carbons (Fsp3) is 0.0833. The van der Waals surface area contributed by atoms with E-state index in [9.17, 15) is 14.9 Å². The second kappa shape index (κ2) is 5.59. The molecule has 0 spiro atoms. The number of carbonyl (C=O) groups excluding carboxylic acids is 1. The molecule has 0 bridgehead atoms. The number of nitro groups is 1. The number of non-ortho nitro benzene ring substituents is 1. The second-order valence-electron chi connectivity index (χ2n) is 3.79. The first-order valence-electron chi connectivity index (χ1n) is 5.42. The van der Waals surface area contributed by atoms with E-state index >= 15 is 0 Å². The number of anilines is 1. The van der Waals surface area contributed by atoms with Crippen molar-refractivity contribution < 1.29 is 9.72 Å². The van der Waals surface area contributed by atoms with Gasteiger partial charge >= 0.3 is 0 Å². The van der Waals surface area contributed by atoms with E-state index in [1.165, 1.54) is 35.6 Å². The van der Waals surface area contributed by atoms with Crippen molar-refractivity contribution in [3.8, 4) is 0 Å². The van der Waals surface area contributed by atoms with Gasteiger partial charge in [0.15, 0.2) is 0 Å². The first-order valence-corrected chi connectivity index (χ1v) is 6.30. The Balaban J connectivity index is 2.04. The second-order valence-corrected chi connectivity index (χ2v) is 4.77. The van der Waals surface area contributed by atoms with E-state index in [0.29, 0.717) is 5.69 Å². The van der Waals surface area contributed by atoms with E-state index in [4.69, 9.17) is 5.73 Å². The van der Waals surface area contributed by atoms with Gasteiger partial charge in [-0.3, -0.25) is 14.9 Å². The molecule has 0 aliphatic heterocycles. The maximum absolute atomic E-state index is 11.9. The minimum atomic E-state index is -0.741. The van der Waals surface area contributed by atoms with E-state index in [-0.39, 0.29) is 11.6 Å². The highest BCUT2D eigenvalue weighted by molar-refractivity contribution is 7.10. The van der Waals surface area contributed by atoms with Gasteiger partial charge in [0, 0.05) is 22.7 Å². The first kappa shape index (κ1) is 13.2. The van der Waals surface area contributed by atoms with Crippen molar-refractivity contribution in [2.45, 2.75) is 6.04 Å². The number of nitrogens with zero attached hydrogens (tertiary/aromatic N) is 1. The van der Waals surface area contributed by atoms with Crippen LogP contribution in [0.4, 0.5) is 11.4 Å². The molecule has 2 rings (SSSR count). The van der Waals surface area contributed by atoms with Crippen LogP contribution in [0.5, 0.6) is 0 Å². The number of hydrogen-bond acceptors (Lipinski definition) is 5. The topological polar surface area (TPSA) is 98.3 Å². The van der Waals surface area contributed by atoms with Crippen LogP contribution in [0.25, 0.3) is 0 Å². The summed E-state index contributed by atoms with van der Waals surface area (Å²) < 4.78 is 0. The van der Waals surface area contributed by atoms with E-state index < -0.39 is 11.0 Å². The van der Waals surface area contributed by atoms with Crippen LogP contribution < -0.4 is 11.1 Å². The minimum Gasteiger partial charge on any atom is -0.324 e. The molecule has 6 nitrogen and oxygen atoms in total. The zero-order chi connectivity index (χ0) is 13.8. The van der Waals surface area contributed by atoms with Gasteiger partial charge in [-0.15, -0.1) is 11.3 Å². The Morgan fingerprint density at radius 2 is 2.00 bits per heavy atom. The summed E-state index contributed by atoms with van der Waals surface area (Å²) in [5.41, 5.74) is 6.25. The van der Waals surface area contributed by atoms with E-state index in [0.717, 1.165) is 4.88 Å². The molecular weight excluding hydrogens is 266 g/mol. The molecule has 0 fully saturated rings. The number of amides is 1. The van der Waals surface area contributed by atoms with Crippen LogP contribution in [0.3, 0.4) is 0 Å². The van der Waals surface area contributed by atoms with Crippen molar-refractivity contribution in [1.29, 1.82) is 0 Å². The number of nitrogens with two attached hydrogens (primary N) is 1. The molecule has 19 heavy (non-hydrogen) atoms. The minimum absolute atomic E-state index is 0.0273. The molecule has 7 heteroatoms. The van der Waals surface area contributed by atoms with Crippen LogP contribution in [0.1, 0.15) is 10.9 Å². The number of hydrogen-bond donors (Lipinski definition) is 2. The lowest BCUT2D eigenvalue weighted by Crippen LogP contribution is -2.26. The predicted molar refractivity (Wildman–Crippen MR) is 73.0 cm³/mol. The largest absolute Gasteiger partial charge is 0.324 e. The van der Waals surface area contributed by atoms with Crippen molar-refractivity contribution in [1.82, 2.24) is 0 Å². The maximum Gasteiger partial charge on any atom is 0.269 e. The van der Waals surface area contributed by atoms with E-state index in [2.05, 4.69) is 5.32 Å². The molecule has 1 amide bonds. The smallest absolute Gasteiger partial charge is 0.269 e. The van der Waals surface area contributed by atoms with Gasteiger partial charge in [-0.25, -0.2) is 0 Å². The Labute approximate surface area is 113 Å². The third kappa shape index (κ3) is 3.15. The summed E-state index contributed by atoms with van der Waals surface area (Å²) >= 11 is 1.40. The van der Waals surface area contributed by atoms with Crippen LogP contribution >= 0.6 is 11.3 Å². The quantitative estimate of drug-likeness (QED) is 0.661. The van der Waals surface area contributed by atoms with Gasteiger partial charge in [0.2, 0.25) is 5.91 Å². The Morgan fingerprint density at radius 1 is 1.32 bits per heavy atom. The molecule has 1 aromatic heterocycles. The molecule has 1 unspecified atom stereocenters. The monoisotopic (exact) mass is 277 g/mol. The summed E-state index contributed by atoms with van der Waals surface area (Å²) in [4.78, 5) is 22.6. The van der Waals surface area contributed by atoms with Gasteiger partial charge in [-0.2, -0.15) is 0 Å². The van der Waals surface area contributed by atoms with Crippen LogP contribution in [0, 0.1) is 10.1 Å². The Morgan fingerprint density at radius 3 is 2.53 bits per heavy atom. The first-order chi connectivity index (χ1) is 9.08. The van der Waals surface area contributed by atoms with Crippen molar-refractivity contribution in [3.05, 3.63) is 56.8 Å². The highest BCUT2D eigenvalue weighted by atomic mass is 32.1. The molecule has 3 N–H and O–H groups in total. The summed E-state index contributed by atoms with van der Waals surface area (Å²) in [7, 11) is 0. The third-order valence-electron chi connectivity index (χ3n) is 2.48. The molecule has 1 aromatic carbocycles. The van der Waals surface area contributed by atoms with Crippen molar-refractivity contribution in [3.63, 3.8) is 0 Å². The molecule has 0 aliphatic rings. The Kier molecular flexibility index (Phi) is 3.88. The fourth-order valence-corrected chi connectivity index (χ4v) is 2.21. The fourth-order valence-electron chi connectivity index (χ4n) is 1.48. The zero-order valence-corrected chi connectivity index (χ0v) is 10.6. The van der Waals surface area contributed by atoms with E-state index in [1.807, 2.05) is 11.4 Å². The standard InChI is InChI=1S/C12H11N3O3S/c13-11(10-2-1-7-19-10)12(16)14-8-3-5-9(6-4-8)15(17)18/h1-7,11H,13H2,(H,14,16). The highest BCUT2D eigenvalue weighted by Gasteiger charge is 2.17. The van der Waals surface area contributed by atoms with Crippen LogP contribution in [0.15, 0.2) is 41.8 Å². The lowest BCUT2D eigenvalue weighted by atomic mass is 10.2. The normalized spacial score (nSPS) is 11.8. The van der Waals surface area contributed by atoms with Crippen LogP contribution in [0.2, 0.25) is 0 Å². The van der Waals surface area contributed by atoms with Crippen molar-refractivity contribution in [2.75, 3.05) is 5.32 Å². The summed E-state index contributed by atoms with van der Waals surface area (Å²) in [5, 5.41) is 15.0. The molecule has 0 radical (unpaired) electrons. The van der Waals surface area contributed by atoms with Gasteiger partial charge in [0.1, 0.15) is 6.04 Å². The molecule has 98 valence electrons. The van der Waals surface area contributed by atoms with Gasteiger partial charge in [-0.05, 0) is 23.6 Å². The summed E-state index contributed by atoms with van der Waals surface area (Å²) in [6, 6.07) is 8.45. The number of rotatable bonds is 4. The molecule has 1 heterocycles. The number of nitro benzene ring substituents is 1. The average Bonchev–Trinajstić information content (AvgIpc) is 2.92. The number of carbonyl (C=O) groups is 1. The summed E-state index contributed by atoms with van der Waals surface area (Å²) in [6.07, 6.45) is 0. The molecule has 2 aromatic rings. The van der Waals surface area contributed by atoms with Crippen molar-refractivity contribution in [2.24, 2.45) is 5.73 Å². The average molecular weight is 277 g/mol. The van der Waals surface area contributed by atoms with Gasteiger partial charge < -0.3 is 11.1 Å². The summed E-state index contributed by atoms with van der Waals surface area (Å²) in [6.45, 7) is 0. The third-order valence-corrected chi connectivity index (χ3v) is 3.43. The SMILES string of the molecule is NC(C(=O)Nc1ccc([N+](=O)[O-])cc1)c1cccs1. The van der Waals surface area contributed by atoms with Crippen molar-refractivity contribution >= 4 is 28.6 Å². The Hall–Kier alpha value is -2.25. The Bertz CT molecular complexity index is 581. The lowest BCUT2D eigenvalue weighted by Gasteiger charge is -2.10. The van der Waals surface area contributed by atoms with Crippen LogP contribution in [-0.4, -0.2) is 10.8 Å². The lowest BCUT2D eigenvalue weighted by molar-refractivity contribution is -0.384. The van der Waals surface area contributed by atoms with E-state index in [1.54, 1.807) is 6.07 Å². The number of nitrogens with one attached hydrogen (secondary N) is 1. The number of benzene rings is 1. The number of thiophene rings is 1. The molecule has 1 atom stereocenters. The van der Waals surface area contributed by atoms with Gasteiger partial charge in [0.25, 0.3) is 5.69 Å². The molecule has 0 saturated heterocycles. The molecule has 0 saturated carbocycles. The summed E-state index contributed by atoms with van der Waals surface area (Å²) in [5.74, 6) is -0.351. The van der Waals surface area contributed by atoms with Gasteiger partial charge in [-0.1, -0.05) is 6.07 Å². The van der Waals surface area contributed by atoms with Crippen LogP contribution in [-0.2, 0) is 4.79 Å².